The van der Waals surface area contributed by atoms with Crippen LogP contribution in [0.25, 0.3) is 0 Å². The zero-order valence-corrected chi connectivity index (χ0v) is 11.9. The number of hydrogen-bond donors (Lipinski definition) is 1. The minimum atomic E-state index is 0.727. The smallest absolute Gasteiger partial charge is 0.225 e. The summed E-state index contributed by atoms with van der Waals surface area (Å²) in [6.45, 7) is 9.62. The number of aromatic nitrogens is 2. The number of hydrogen-bond acceptors (Lipinski definition) is 4. The van der Waals surface area contributed by atoms with Crippen LogP contribution in [0, 0.1) is 18.8 Å². The quantitative estimate of drug-likeness (QED) is 0.888. The fourth-order valence-corrected chi connectivity index (χ4v) is 2.86. The molecule has 1 aliphatic rings. The average Bonchev–Trinajstić information content (AvgIpc) is 2.27. The van der Waals surface area contributed by atoms with E-state index in [-0.39, 0.29) is 0 Å². The van der Waals surface area contributed by atoms with E-state index in [0.29, 0.717) is 0 Å². The molecule has 1 fully saturated rings. The summed E-state index contributed by atoms with van der Waals surface area (Å²) >= 11 is 0. The fourth-order valence-electron chi connectivity index (χ4n) is 2.86. The first kappa shape index (κ1) is 13.3. The van der Waals surface area contributed by atoms with Crippen molar-refractivity contribution in [3.8, 4) is 0 Å². The molecule has 0 bridgehead atoms. The summed E-state index contributed by atoms with van der Waals surface area (Å²) in [5.41, 5.74) is 2.13. The van der Waals surface area contributed by atoms with Crippen molar-refractivity contribution < 1.29 is 0 Å². The van der Waals surface area contributed by atoms with Crippen molar-refractivity contribution in [2.24, 2.45) is 11.8 Å². The third kappa shape index (κ3) is 3.19. The normalized spacial score (nSPS) is 24.3. The predicted molar refractivity (Wildman–Crippen MR) is 74.7 cm³/mol. The summed E-state index contributed by atoms with van der Waals surface area (Å²) in [5.74, 6) is 2.36. The Morgan fingerprint density at radius 1 is 1.28 bits per heavy atom. The van der Waals surface area contributed by atoms with Crippen LogP contribution in [0.4, 0.5) is 5.95 Å². The van der Waals surface area contributed by atoms with E-state index in [0.717, 1.165) is 48.8 Å². The molecule has 2 heterocycles. The highest BCUT2D eigenvalue weighted by Gasteiger charge is 2.23. The second-order valence-corrected chi connectivity index (χ2v) is 5.68. The average molecular weight is 248 g/mol. The molecule has 1 N–H and O–H groups in total. The van der Waals surface area contributed by atoms with E-state index in [9.17, 15) is 0 Å². The molecular weight excluding hydrogens is 224 g/mol. The van der Waals surface area contributed by atoms with Gasteiger partial charge in [-0.3, -0.25) is 0 Å². The molecular formula is C14H24N4. The molecule has 2 unspecified atom stereocenters. The molecule has 0 aromatic carbocycles. The Balaban J connectivity index is 2.21. The first-order valence-electron chi connectivity index (χ1n) is 6.82. The molecule has 1 aromatic heterocycles. The van der Waals surface area contributed by atoms with Gasteiger partial charge in [0.25, 0.3) is 0 Å². The second-order valence-electron chi connectivity index (χ2n) is 5.68. The van der Waals surface area contributed by atoms with Crippen LogP contribution < -0.4 is 10.2 Å². The lowest BCUT2D eigenvalue weighted by molar-refractivity contribution is 0.353. The molecule has 2 atom stereocenters. The van der Waals surface area contributed by atoms with E-state index >= 15 is 0 Å². The van der Waals surface area contributed by atoms with Crippen LogP contribution in [0.2, 0.25) is 0 Å². The van der Waals surface area contributed by atoms with Gasteiger partial charge in [0.15, 0.2) is 0 Å². The van der Waals surface area contributed by atoms with Crippen LogP contribution in [-0.2, 0) is 6.54 Å². The molecule has 1 saturated heterocycles. The minimum absolute atomic E-state index is 0.727. The number of nitrogens with one attached hydrogen (secondary N) is 1. The van der Waals surface area contributed by atoms with Gasteiger partial charge in [0.05, 0.1) is 5.69 Å². The number of rotatable bonds is 3. The SMILES string of the molecule is CNCc1cc(C)nc(N2CC(C)CC(C)C2)n1. The summed E-state index contributed by atoms with van der Waals surface area (Å²) in [6.07, 6.45) is 1.31. The monoisotopic (exact) mass is 248 g/mol. The molecule has 0 aliphatic carbocycles. The van der Waals surface area contributed by atoms with Gasteiger partial charge < -0.3 is 10.2 Å². The highest BCUT2D eigenvalue weighted by molar-refractivity contribution is 5.33. The van der Waals surface area contributed by atoms with Crippen molar-refractivity contribution in [3.63, 3.8) is 0 Å². The molecule has 0 amide bonds. The largest absolute Gasteiger partial charge is 0.340 e. The van der Waals surface area contributed by atoms with E-state index in [4.69, 9.17) is 0 Å². The van der Waals surface area contributed by atoms with Crippen LogP contribution in [0.15, 0.2) is 6.07 Å². The van der Waals surface area contributed by atoms with Gasteiger partial charge in [-0.1, -0.05) is 13.8 Å². The molecule has 4 heteroatoms. The van der Waals surface area contributed by atoms with E-state index in [2.05, 4.69) is 40.1 Å². The van der Waals surface area contributed by atoms with Gasteiger partial charge in [-0.2, -0.15) is 0 Å². The molecule has 0 radical (unpaired) electrons. The zero-order valence-electron chi connectivity index (χ0n) is 11.9. The van der Waals surface area contributed by atoms with Crippen LogP contribution in [0.1, 0.15) is 31.7 Å². The summed E-state index contributed by atoms with van der Waals surface area (Å²) in [4.78, 5) is 11.6. The Morgan fingerprint density at radius 3 is 2.56 bits per heavy atom. The van der Waals surface area contributed by atoms with E-state index < -0.39 is 0 Å². The molecule has 0 spiro atoms. The van der Waals surface area contributed by atoms with Gasteiger partial charge in [0.1, 0.15) is 0 Å². The summed E-state index contributed by atoms with van der Waals surface area (Å²) in [6, 6.07) is 2.05. The third-order valence-corrected chi connectivity index (χ3v) is 3.41. The van der Waals surface area contributed by atoms with Crippen molar-refractivity contribution in [1.82, 2.24) is 15.3 Å². The van der Waals surface area contributed by atoms with Crippen molar-refractivity contribution in [1.29, 1.82) is 0 Å². The number of piperidine rings is 1. The van der Waals surface area contributed by atoms with Crippen LogP contribution in [-0.4, -0.2) is 30.1 Å². The fraction of sp³-hybridized carbons (Fsp3) is 0.714. The summed E-state index contributed by atoms with van der Waals surface area (Å²) in [7, 11) is 1.95. The Bertz CT molecular complexity index is 395. The standard InChI is InChI=1S/C14H24N4/c1-10-5-11(2)9-18(8-10)14-16-12(3)6-13(17-14)7-15-4/h6,10-11,15H,5,7-9H2,1-4H3. The second kappa shape index (κ2) is 5.65. The van der Waals surface area contributed by atoms with Gasteiger partial charge in [0, 0.05) is 25.3 Å². The molecule has 1 aliphatic heterocycles. The van der Waals surface area contributed by atoms with Gasteiger partial charge in [-0.15, -0.1) is 0 Å². The van der Waals surface area contributed by atoms with Crippen LogP contribution in [0.3, 0.4) is 0 Å². The number of nitrogens with zero attached hydrogens (tertiary/aromatic N) is 3. The molecule has 2 rings (SSSR count). The van der Waals surface area contributed by atoms with Gasteiger partial charge in [-0.25, -0.2) is 9.97 Å². The van der Waals surface area contributed by atoms with E-state index in [1.165, 1.54) is 6.42 Å². The first-order chi connectivity index (χ1) is 8.58. The summed E-state index contributed by atoms with van der Waals surface area (Å²) in [5, 5.41) is 3.15. The van der Waals surface area contributed by atoms with Crippen molar-refractivity contribution >= 4 is 5.95 Å². The summed E-state index contributed by atoms with van der Waals surface area (Å²) < 4.78 is 0. The van der Waals surface area contributed by atoms with Crippen LogP contribution >= 0.6 is 0 Å². The Hall–Kier alpha value is -1.16. The Kier molecular flexibility index (Phi) is 4.17. The Morgan fingerprint density at radius 2 is 1.94 bits per heavy atom. The van der Waals surface area contributed by atoms with Crippen molar-refractivity contribution in [3.05, 3.63) is 17.5 Å². The highest BCUT2D eigenvalue weighted by Crippen LogP contribution is 2.24. The van der Waals surface area contributed by atoms with Crippen molar-refractivity contribution in [2.45, 2.75) is 33.7 Å². The van der Waals surface area contributed by atoms with E-state index in [1.807, 2.05) is 14.0 Å². The highest BCUT2D eigenvalue weighted by atomic mass is 15.3. The molecule has 18 heavy (non-hydrogen) atoms. The lowest BCUT2D eigenvalue weighted by Crippen LogP contribution is -2.40. The van der Waals surface area contributed by atoms with Gasteiger partial charge >= 0.3 is 0 Å². The lowest BCUT2D eigenvalue weighted by atomic mass is 9.92. The molecule has 100 valence electrons. The number of anilines is 1. The van der Waals surface area contributed by atoms with Gasteiger partial charge in [0.2, 0.25) is 5.95 Å². The maximum absolute atomic E-state index is 4.67. The van der Waals surface area contributed by atoms with Gasteiger partial charge in [-0.05, 0) is 38.3 Å². The number of aryl methyl sites for hydroxylation is 1. The van der Waals surface area contributed by atoms with E-state index in [1.54, 1.807) is 0 Å². The molecule has 1 aromatic rings. The predicted octanol–water partition coefficient (Wildman–Crippen LogP) is 1.99. The first-order valence-corrected chi connectivity index (χ1v) is 6.82. The maximum atomic E-state index is 4.67. The zero-order chi connectivity index (χ0) is 13.1. The van der Waals surface area contributed by atoms with Crippen LogP contribution in [0.5, 0.6) is 0 Å². The maximum Gasteiger partial charge on any atom is 0.225 e. The third-order valence-electron chi connectivity index (χ3n) is 3.41. The molecule has 0 saturated carbocycles. The lowest BCUT2D eigenvalue weighted by Gasteiger charge is -2.35. The Labute approximate surface area is 110 Å². The molecule has 4 nitrogen and oxygen atoms in total. The van der Waals surface area contributed by atoms with Crippen molar-refractivity contribution in [2.75, 3.05) is 25.0 Å². The topological polar surface area (TPSA) is 41.1 Å². The minimum Gasteiger partial charge on any atom is -0.340 e.